The summed E-state index contributed by atoms with van der Waals surface area (Å²) in [6, 6.07) is 0.753. The van der Waals surface area contributed by atoms with Crippen LogP contribution in [0.5, 0.6) is 0 Å². The van der Waals surface area contributed by atoms with E-state index in [9.17, 15) is 0 Å². The van der Waals surface area contributed by atoms with E-state index in [1.54, 1.807) is 0 Å². The quantitative estimate of drug-likeness (QED) is 0.664. The molecule has 1 saturated carbocycles. The first-order valence-corrected chi connectivity index (χ1v) is 8.64. The fourth-order valence-corrected chi connectivity index (χ4v) is 4.07. The first-order valence-electron chi connectivity index (χ1n) is 8.64. The van der Waals surface area contributed by atoms with E-state index in [0.717, 1.165) is 23.8 Å². The Morgan fingerprint density at radius 3 is 2.47 bits per heavy atom. The first-order chi connectivity index (χ1) is 8.90. The van der Waals surface area contributed by atoms with Crippen molar-refractivity contribution in [3.63, 3.8) is 0 Å². The molecule has 0 amide bonds. The number of nitrogens with one attached hydrogen (secondary N) is 1. The van der Waals surface area contributed by atoms with Gasteiger partial charge in [0.1, 0.15) is 0 Å². The maximum Gasteiger partial charge on any atom is 0.0103 e. The number of hydrogen-bond acceptors (Lipinski definition) is 1. The summed E-state index contributed by atoms with van der Waals surface area (Å²) >= 11 is 0. The lowest BCUT2D eigenvalue weighted by atomic mass is 9.63. The van der Waals surface area contributed by atoms with Gasteiger partial charge in [-0.15, -0.1) is 0 Å². The molecule has 1 nitrogen and oxygen atoms in total. The van der Waals surface area contributed by atoms with Crippen LogP contribution in [0.1, 0.15) is 80.1 Å². The van der Waals surface area contributed by atoms with Gasteiger partial charge in [-0.3, -0.25) is 0 Å². The third-order valence-corrected chi connectivity index (χ3v) is 5.34. The predicted molar refractivity (Wildman–Crippen MR) is 86.4 cm³/mol. The fourth-order valence-electron chi connectivity index (χ4n) is 4.07. The van der Waals surface area contributed by atoms with Gasteiger partial charge in [0.05, 0.1) is 0 Å². The van der Waals surface area contributed by atoms with Gasteiger partial charge in [0.2, 0.25) is 0 Å². The largest absolute Gasteiger partial charge is 0.314 e. The van der Waals surface area contributed by atoms with Crippen LogP contribution in [0, 0.1) is 23.2 Å². The van der Waals surface area contributed by atoms with Crippen LogP contribution in [-0.2, 0) is 0 Å². The van der Waals surface area contributed by atoms with Crippen molar-refractivity contribution in [1.29, 1.82) is 0 Å². The van der Waals surface area contributed by atoms with Crippen molar-refractivity contribution in [3.05, 3.63) is 0 Å². The molecule has 0 aromatic heterocycles. The summed E-state index contributed by atoms with van der Waals surface area (Å²) in [5, 5.41) is 3.85. The molecule has 1 heteroatoms. The van der Waals surface area contributed by atoms with Gasteiger partial charge in [-0.1, -0.05) is 54.4 Å². The van der Waals surface area contributed by atoms with E-state index in [4.69, 9.17) is 0 Å². The Morgan fingerprint density at radius 1 is 1.21 bits per heavy atom. The van der Waals surface area contributed by atoms with Crippen LogP contribution < -0.4 is 5.32 Å². The minimum absolute atomic E-state index is 0.487. The van der Waals surface area contributed by atoms with Gasteiger partial charge < -0.3 is 5.32 Å². The Morgan fingerprint density at radius 2 is 1.89 bits per heavy atom. The van der Waals surface area contributed by atoms with Gasteiger partial charge >= 0.3 is 0 Å². The zero-order chi connectivity index (χ0) is 14.5. The van der Waals surface area contributed by atoms with Crippen LogP contribution in [0.3, 0.4) is 0 Å². The van der Waals surface area contributed by atoms with Crippen molar-refractivity contribution in [2.75, 3.05) is 6.54 Å². The summed E-state index contributed by atoms with van der Waals surface area (Å²) in [6.45, 7) is 15.7. The molecular weight excluding hydrogens is 230 g/mol. The van der Waals surface area contributed by atoms with Crippen molar-refractivity contribution in [2.24, 2.45) is 23.2 Å². The highest BCUT2D eigenvalue weighted by Gasteiger charge is 2.38. The average Bonchev–Trinajstić information content (AvgIpc) is 2.35. The Kier molecular flexibility index (Phi) is 6.86. The lowest BCUT2D eigenvalue weighted by Crippen LogP contribution is -2.47. The van der Waals surface area contributed by atoms with Crippen molar-refractivity contribution < 1.29 is 0 Å². The molecule has 0 spiro atoms. The maximum atomic E-state index is 3.85. The standard InChI is InChI=1S/C18H37N/c1-7-11-19-17-12-15(4)9-10-16(17)18(5,6)13-14(3)8-2/h14-17,19H,7-13H2,1-6H3. The molecule has 1 aliphatic carbocycles. The molecule has 4 unspecified atom stereocenters. The smallest absolute Gasteiger partial charge is 0.0103 e. The van der Waals surface area contributed by atoms with E-state index < -0.39 is 0 Å². The van der Waals surface area contributed by atoms with Crippen LogP contribution >= 0.6 is 0 Å². The van der Waals surface area contributed by atoms with E-state index in [1.165, 1.54) is 45.1 Å². The molecule has 19 heavy (non-hydrogen) atoms. The SMILES string of the molecule is CCCNC1CC(C)CCC1C(C)(C)CC(C)CC. The summed E-state index contributed by atoms with van der Waals surface area (Å²) in [4.78, 5) is 0. The summed E-state index contributed by atoms with van der Waals surface area (Å²) in [5.41, 5.74) is 0.487. The normalized spacial score (nSPS) is 30.3. The lowest BCUT2D eigenvalue weighted by Gasteiger charge is -2.45. The summed E-state index contributed by atoms with van der Waals surface area (Å²) in [5.74, 6) is 2.63. The van der Waals surface area contributed by atoms with Crippen LogP contribution in [0.4, 0.5) is 0 Å². The Bertz CT molecular complexity index is 246. The fraction of sp³-hybridized carbons (Fsp3) is 1.00. The van der Waals surface area contributed by atoms with Gasteiger partial charge in [-0.2, -0.15) is 0 Å². The van der Waals surface area contributed by atoms with Crippen LogP contribution in [0.25, 0.3) is 0 Å². The van der Waals surface area contributed by atoms with Crippen LogP contribution in [0.15, 0.2) is 0 Å². The molecule has 0 aromatic rings. The van der Waals surface area contributed by atoms with Crippen molar-refractivity contribution >= 4 is 0 Å². The van der Waals surface area contributed by atoms with Gasteiger partial charge in [-0.05, 0) is 55.4 Å². The molecule has 0 heterocycles. The molecule has 4 atom stereocenters. The van der Waals surface area contributed by atoms with E-state index >= 15 is 0 Å². The van der Waals surface area contributed by atoms with Gasteiger partial charge in [0, 0.05) is 6.04 Å². The van der Waals surface area contributed by atoms with E-state index in [-0.39, 0.29) is 0 Å². The molecule has 0 radical (unpaired) electrons. The predicted octanol–water partition coefficient (Wildman–Crippen LogP) is 5.25. The molecule has 114 valence electrons. The highest BCUT2D eigenvalue weighted by molar-refractivity contribution is 4.92. The molecule has 1 N–H and O–H groups in total. The van der Waals surface area contributed by atoms with Crippen molar-refractivity contribution in [2.45, 2.75) is 86.1 Å². The monoisotopic (exact) mass is 267 g/mol. The minimum atomic E-state index is 0.487. The van der Waals surface area contributed by atoms with Gasteiger partial charge in [0.25, 0.3) is 0 Å². The third-order valence-electron chi connectivity index (χ3n) is 5.34. The number of rotatable bonds is 7. The average molecular weight is 268 g/mol. The molecule has 0 aliphatic heterocycles. The third kappa shape index (κ3) is 5.10. The first kappa shape index (κ1) is 17.0. The summed E-state index contributed by atoms with van der Waals surface area (Å²) < 4.78 is 0. The van der Waals surface area contributed by atoms with Crippen LogP contribution in [-0.4, -0.2) is 12.6 Å². The summed E-state index contributed by atoms with van der Waals surface area (Å²) in [6.07, 6.45) is 8.19. The molecule has 1 fully saturated rings. The second-order valence-corrected chi connectivity index (χ2v) is 7.79. The van der Waals surface area contributed by atoms with E-state index in [2.05, 4.69) is 46.9 Å². The topological polar surface area (TPSA) is 12.0 Å². The Balaban J connectivity index is 2.69. The second kappa shape index (κ2) is 7.67. The highest BCUT2D eigenvalue weighted by atomic mass is 14.9. The van der Waals surface area contributed by atoms with Crippen LogP contribution in [0.2, 0.25) is 0 Å². The Labute approximate surface area is 121 Å². The molecular formula is C18H37N. The second-order valence-electron chi connectivity index (χ2n) is 7.79. The molecule has 0 saturated heterocycles. The highest BCUT2D eigenvalue weighted by Crippen LogP contribution is 2.44. The Hall–Kier alpha value is -0.0400. The summed E-state index contributed by atoms with van der Waals surface area (Å²) in [7, 11) is 0. The molecule has 0 bridgehead atoms. The van der Waals surface area contributed by atoms with Crippen molar-refractivity contribution in [1.82, 2.24) is 5.32 Å². The molecule has 0 aromatic carbocycles. The maximum absolute atomic E-state index is 3.85. The van der Waals surface area contributed by atoms with E-state index in [1.807, 2.05) is 0 Å². The van der Waals surface area contributed by atoms with Crippen molar-refractivity contribution in [3.8, 4) is 0 Å². The minimum Gasteiger partial charge on any atom is -0.314 e. The molecule has 1 aliphatic rings. The zero-order valence-electron chi connectivity index (χ0n) is 14.3. The van der Waals surface area contributed by atoms with Gasteiger partial charge in [-0.25, -0.2) is 0 Å². The number of hydrogen-bond donors (Lipinski definition) is 1. The van der Waals surface area contributed by atoms with Gasteiger partial charge in [0.15, 0.2) is 0 Å². The zero-order valence-corrected chi connectivity index (χ0v) is 14.3. The lowest BCUT2D eigenvalue weighted by molar-refractivity contribution is 0.0735. The van der Waals surface area contributed by atoms with E-state index in [0.29, 0.717) is 5.41 Å². The molecule has 1 rings (SSSR count).